The average Bonchev–Trinajstić information content (AvgIpc) is 3.48. The number of rotatable bonds is 15. The van der Waals surface area contributed by atoms with Gasteiger partial charge in [-0.25, -0.2) is 9.59 Å². The van der Waals surface area contributed by atoms with Gasteiger partial charge in [-0.1, -0.05) is 60.7 Å². The summed E-state index contributed by atoms with van der Waals surface area (Å²) in [5.74, 6) is -3.34. The van der Waals surface area contributed by atoms with Crippen molar-refractivity contribution in [3.63, 3.8) is 0 Å². The van der Waals surface area contributed by atoms with Crippen molar-refractivity contribution in [2.24, 2.45) is 0 Å². The molecule has 0 aromatic heterocycles. The number of ether oxygens (including phenoxy) is 1. The monoisotopic (exact) mass is 596 g/mol. The molecule has 3 rings (SSSR count). The van der Waals surface area contributed by atoms with E-state index in [1.54, 1.807) is 12.1 Å². The van der Waals surface area contributed by atoms with Crippen LogP contribution < -0.4 is 16.0 Å². The van der Waals surface area contributed by atoms with Crippen LogP contribution in [0.5, 0.6) is 0 Å². The summed E-state index contributed by atoms with van der Waals surface area (Å²) in [6.45, 7) is 3.23. The molecule has 0 aliphatic carbocycles. The lowest BCUT2D eigenvalue weighted by Crippen LogP contribution is -2.57. The lowest BCUT2D eigenvalue weighted by molar-refractivity contribution is -0.149. The van der Waals surface area contributed by atoms with Crippen LogP contribution in [0.4, 0.5) is 4.79 Å². The molecule has 2 aromatic carbocycles. The second-order valence-corrected chi connectivity index (χ2v) is 11.0. The third-order valence-electron chi connectivity index (χ3n) is 7.30. The summed E-state index contributed by atoms with van der Waals surface area (Å²) >= 11 is 0. The molecule has 232 valence electrons. The van der Waals surface area contributed by atoms with Gasteiger partial charge in [-0.2, -0.15) is 0 Å². The molecule has 12 nitrogen and oxygen atoms in total. The van der Waals surface area contributed by atoms with Crippen molar-refractivity contribution in [2.75, 3.05) is 13.1 Å². The van der Waals surface area contributed by atoms with Gasteiger partial charge < -0.3 is 30.5 Å². The standard InChI is InChI=1S/C31H40N4O8/c1-31(2,34-30(42)43-20-22-12-7-4-8-13-22)29(41)32-18-17-23(26(36)35-19-9-14-25(35)28(39)40)33-24(27(37)38)16-15-21-10-5-3-6-11-21/h3-8,10-13,23-25,33H,9,14-20H2,1-2H3,(H,32,41)(H,34,42)(H,37,38)(H,39,40)/t23?,24?,25-/m0/s1. The van der Waals surface area contributed by atoms with E-state index < -0.39 is 53.5 Å². The number of aliphatic carboxylic acids is 2. The van der Waals surface area contributed by atoms with Gasteiger partial charge in [-0.3, -0.25) is 19.7 Å². The Morgan fingerprint density at radius 3 is 2.16 bits per heavy atom. The molecule has 5 N–H and O–H groups in total. The first-order valence-corrected chi connectivity index (χ1v) is 14.3. The number of carbonyl (C=O) groups is 5. The number of nitrogens with one attached hydrogen (secondary N) is 3. The Kier molecular flexibility index (Phi) is 12.1. The number of alkyl carbamates (subject to hydrolysis) is 1. The predicted molar refractivity (Wildman–Crippen MR) is 157 cm³/mol. The van der Waals surface area contributed by atoms with Crippen LogP contribution in [0.2, 0.25) is 0 Å². The largest absolute Gasteiger partial charge is 0.480 e. The fraction of sp³-hybridized carbons (Fsp3) is 0.452. The zero-order chi connectivity index (χ0) is 31.4. The molecule has 1 saturated heterocycles. The molecule has 2 aromatic rings. The molecular weight excluding hydrogens is 556 g/mol. The number of carboxylic acids is 2. The zero-order valence-corrected chi connectivity index (χ0v) is 24.5. The number of amides is 3. The Balaban J connectivity index is 1.62. The van der Waals surface area contributed by atoms with Crippen LogP contribution in [-0.4, -0.2) is 81.7 Å². The summed E-state index contributed by atoms with van der Waals surface area (Å²) < 4.78 is 5.20. The minimum Gasteiger partial charge on any atom is -0.480 e. The zero-order valence-electron chi connectivity index (χ0n) is 24.5. The number of hydrogen-bond acceptors (Lipinski definition) is 7. The molecule has 43 heavy (non-hydrogen) atoms. The molecule has 0 spiro atoms. The summed E-state index contributed by atoms with van der Waals surface area (Å²) in [5, 5.41) is 27.6. The summed E-state index contributed by atoms with van der Waals surface area (Å²) in [5.41, 5.74) is 0.367. The van der Waals surface area contributed by atoms with Gasteiger partial charge in [-0.05, 0) is 57.1 Å². The maximum absolute atomic E-state index is 13.5. The van der Waals surface area contributed by atoms with Crippen molar-refractivity contribution in [2.45, 2.75) is 76.2 Å². The molecule has 2 unspecified atom stereocenters. The molecule has 0 radical (unpaired) electrons. The van der Waals surface area contributed by atoms with Gasteiger partial charge in [0.25, 0.3) is 0 Å². The summed E-state index contributed by atoms with van der Waals surface area (Å²) in [6.07, 6.45) is 0.681. The van der Waals surface area contributed by atoms with Crippen molar-refractivity contribution in [3.8, 4) is 0 Å². The number of likely N-dealkylation sites (tertiary alicyclic amines) is 1. The van der Waals surface area contributed by atoms with E-state index in [1.165, 1.54) is 18.7 Å². The van der Waals surface area contributed by atoms with E-state index in [0.29, 0.717) is 19.3 Å². The van der Waals surface area contributed by atoms with E-state index in [4.69, 9.17) is 4.74 Å². The van der Waals surface area contributed by atoms with Crippen LogP contribution >= 0.6 is 0 Å². The van der Waals surface area contributed by atoms with Gasteiger partial charge >= 0.3 is 18.0 Å². The molecule has 1 heterocycles. The van der Waals surface area contributed by atoms with E-state index in [0.717, 1.165) is 11.1 Å². The number of benzene rings is 2. The minimum atomic E-state index is -1.36. The van der Waals surface area contributed by atoms with Crippen LogP contribution in [0, 0.1) is 0 Å². The normalized spacial score (nSPS) is 16.1. The highest BCUT2D eigenvalue weighted by Gasteiger charge is 2.38. The Morgan fingerprint density at radius 1 is 0.930 bits per heavy atom. The lowest BCUT2D eigenvalue weighted by atomic mass is 10.0. The van der Waals surface area contributed by atoms with Crippen LogP contribution in [-0.2, 0) is 36.9 Å². The van der Waals surface area contributed by atoms with Crippen LogP contribution in [0.1, 0.15) is 50.7 Å². The fourth-order valence-electron chi connectivity index (χ4n) is 4.86. The topological polar surface area (TPSA) is 174 Å². The van der Waals surface area contributed by atoms with Gasteiger partial charge in [-0.15, -0.1) is 0 Å². The molecular formula is C31H40N4O8. The number of nitrogens with zero attached hydrogens (tertiary/aromatic N) is 1. The Morgan fingerprint density at radius 2 is 1.56 bits per heavy atom. The Hall–Kier alpha value is -4.45. The molecule has 1 aliphatic rings. The quantitative estimate of drug-likeness (QED) is 0.207. The average molecular weight is 597 g/mol. The van der Waals surface area contributed by atoms with Crippen molar-refractivity contribution in [1.29, 1.82) is 0 Å². The first-order chi connectivity index (χ1) is 20.5. The van der Waals surface area contributed by atoms with Gasteiger partial charge in [0.2, 0.25) is 11.8 Å². The maximum Gasteiger partial charge on any atom is 0.408 e. The molecule has 0 saturated carbocycles. The van der Waals surface area contributed by atoms with E-state index in [9.17, 15) is 34.2 Å². The van der Waals surface area contributed by atoms with Crippen LogP contribution in [0.25, 0.3) is 0 Å². The van der Waals surface area contributed by atoms with Crippen LogP contribution in [0.3, 0.4) is 0 Å². The van der Waals surface area contributed by atoms with Crippen LogP contribution in [0.15, 0.2) is 60.7 Å². The highest BCUT2D eigenvalue weighted by atomic mass is 16.5. The van der Waals surface area contributed by atoms with Gasteiger partial charge in [0.05, 0.1) is 6.04 Å². The van der Waals surface area contributed by atoms with E-state index in [1.807, 2.05) is 48.5 Å². The molecule has 12 heteroatoms. The highest BCUT2D eigenvalue weighted by Crippen LogP contribution is 2.20. The number of carboxylic acid groups (broad SMARTS) is 2. The van der Waals surface area contributed by atoms with E-state index in [-0.39, 0.29) is 32.5 Å². The van der Waals surface area contributed by atoms with Gasteiger partial charge in [0.15, 0.2) is 0 Å². The molecule has 3 amide bonds. The lowest BCUT2D eigenvalue weighted by Gasteiger charge is -2.30. The van der Waals surface area contributed by atoms with Crippen molar-refractivity contribution < 1.29 is 38.9 Å². The number of hydrogen-bond donors (Lipinski definition) is 5. The van der Waals surface area contributed by atoms with E-state index >= 15 is 0 Å². The molecule has 0 bridgehead atoms. The smallest absolute Gasteiger partial charge is 0.408 e. The van der Waals surface area contributed by atoms with Gasteiger partial charge in [0.1, 0.15) is 24.2 Å². The third-order valence-corrected chi connectivity index (χ3v) is 7.30. The predicted octanol–water partition coefficient (Wildman–Crippen LogP) is 2.32. The first kappa shape index (κ1) is 33.1. The summed E-state index contributed by atoms with van der Waals surface area (Å²) in [7, 11) is 0. The Labute approximate surface area is 250 Å². The van der Waals surface area contributed by atoms with Crippen molar-refractivity contribution >= 4 is 29.8 Å². The SMILES string of the molecule is CC(C)(NC(=O)OCc1ccccc1)C(=O)NCCC(NC(CCc1ccccc1)C(=O)O)C(=O)N1CCC[C@H]1C(=O)O. The molecule has 1 aliphatic heterocycles. The first-order valence-electron chi connectivity index (χ1n) is 14.3. The van der Waals surface area contributed by atoms with Crippen molar-refractivity contribution in [3.05, 3.63) is 71.8 Å². The number of carbonyl (C=O) groups excluding carboxylic acids is 3. The maximum atomic E-state index is 13.5. The third kappa shape index (κ3) is 10.1. The Bertz CT molecular complexity index is 1250. The minimum absolute atomic E-state index is 0.00291. The fourth-order valence-corrected chi connectivity index (χ4v) is 4.86. The van der Waals surface area contributed by atoms with E-state index in [2.05, 4.69) is 16.0 Å². The number of aryl methyl sites for hydroxylation is 1. The second-order valence-electron chi connectivity index (χ2n) is 11.0. The van der Waals surface area contributed by atoms with Gasteiger partial charge in [0, 0.05) is 13.1 Å². The highest BCUT2D eigenvalue weighted by molar-refractivity contribution is 5.90. The summed E-state index contributed by atoms with van der Waals surface area (Å²) in [4.78, 5) is 63.9. The van der Waals surface area contributed by atoms with Crippen molar-refractivity contribution in [1.82, 2.24) is 20.9 Å². The second kappa shape index (κ2) is 15.7. The molecule has 3 atom stereocenters. The summed E-state index contributed by atoms with van der Waals surface area (Å²) in [6, 6.07) is 15.2. The molecule has 1 fully saturated rings.